The Labute approximate surface area is 164 Å². The van der Waals surface area contributed by atoms with Gasteiger partial charge in [0.1, 0.15) is 5.56 Å². The topological polar surface area (TPSA) is 37.3 Å². The van der Waals surface area contributed by atoms with Crippen LogP contribution in [0.5, 0.6) is 0 Å². The molecule has 8 heteroatoms. The van der Waals surface area contributed by atoms with Gasteiger partial charge in [-0.15, -0.1) is 0 Å². The molecule has 0 heterocycles. The molecular formula is C19H28F5O2Sn. The normalized spacial score (nSPS) is 10.7. The van der Waals surface area contributed by atoms with Crippen molar-refractivity contribution in [1.82, 2.24) is 0 Å². The van der Waals surface area contributed by atoms with Gasteiger partial charge < -0.3 is 5.11 Å². The summed E-state index contributed by atoms with van der Waals surface area (Å²) >= 11 is -0.839. The van der Waals surface area contributed by atoms with Gasteiger partial charge in [0, 0.05) is 0 Å². The zero-order chi connectivity index (χ0) is 21.0. The molecule has 0 amide bonds. The Morgan fingerprint density at radius 1 is 0.704 bits per heavy atom. The molecule has 0 spiro atoms. The number of carboxylic acids is 1. The maximum atomic E-state index is 12.6. The number of carbonyl (C=O) groups is 1. The second kappa shape index (κ2) is 14.2. The van der Waals surface area contributed by atoms with Gasteiger partial charge in [-0.3, -0.25) is 0 Å². The van der Waals surface area contributed by atoms with E-state index in [0.29, 0.717) is 0 Å². The summed E-state index contributed by atoms with van der Waals surface area (Å²) in [7, 11) is 0. The summed E-state index contributed by atoms with van der Waals surface area (Å²) in [5.74, 6) is -13.9. The summed E-state index contributed by atoms with van der Waals surface area (Å²) in [6.45, 7) is 7.00. The average Bonchev–Trinajstić information content (AvgIpc) is 2.64. The van der Waals surface area contributed by atoms with Crippen LogP contribution in [-0.4, -0.2) is 30.8 Å². The summed E-state index contributed by atoms with van der Waals surface area (Å²) in [5.41, 5.74) is -1.86. The summed E-state index contributed by atoms with van der Waals surface area (Å²) in [6, 6.07) is 0. The van der Waals surface area contributed by atoms with Crippen molar-refractivity contribution in [2.45, 2.75) is 72.6 Å². The van der Waals surface area contributed by atoms with E-state index in [4.69, 9.17) is 5.11 Å². The van der Waals surface area contributed by atoms with Crippen molar-refractivity contribution < 1.29 is 31.9 Å². The zero-order valence-corrected chi connectivity index (χ0v) is 19.0. The van der Waals surface area contributed by atoms with Crippen LogP contribution in [0.15, 0.2) is 0 Å². The van der Waals surface area contributed by atoms with E-state index >= 15 is 0 Å². The molecule has 0 fully saturated rings. The summed E-state index contributed by atoms with van der Waals surface area (Å²) in [5, 5.41) is 8.15. The molecule has 0 aliphatic heterocycles. The number of hydrogen-bond donors (Lipinski definition) is 1. The molecule has 0 saturated heterocycles. The summed E-state index contributed by atoms with van der Waals surface area (Å²) in [6.07, 6.45) is 8.85. The predicted octanol–water partition coefficient (Wildman–Crippen LogP) is 6.96. The first-order valence-corrected chi connectivity index (χ1v) is 15.4. The monoisotopic (exact) mass is 503 g/mol. The number of rotatable bonds is 10. The smallest absolute Gasteiger partial charge is 0.341 e. The predicted molar refractivity (Wildman–Crippen MR) is 98.1 cm³/mol. The molecule has 0 aromatic heterocycles. The first-order chi connectivity index (χ1) is 12.7. The molecule has 1 N–H and O–H groups in total. The third kappa shape index (κ3) is 8.79. The van der Waals surface area contributed by atoms with E-state index in [0.717, 1.165) is 0 Å². The van der Waals surface area contributed by atoms with Crippen LogP contribution in [0.3, 0.4) is 0 Å². The Morgan fingerprint density at radius 2 is 1.00 bits per heavy atom. The van der Waals surface area contributed by atoms with Gasteiger partial charge in [-0.2, -0.15) is 0 Å². The fourth-order valence-electron chi connectivity index (χ4n) is 2.45. The molecule has 1 aromatic rings. The molecule has 0 unspecified atom stereocenters. The molecule has 1 aromatic carbocycles. The first kappa shape index (κ1) is 26.1. The van der Waals surface area contributed by atoms with Crippen LogP contribution in [0.2, 0.25) is 13.3 Å². The van der Waals surface area contributed by atoms with Crippen molar-refractivity contribution in [1.29, 1.82) is 0 Å². The summed E-state index contributed by atoms with van der Waals surface area (Å²) < 4.78 is 67.2. The van der Waals surface area contributed by atoms with Crippen molar-refractivity contribution in [3.05, 3.63) is 34.6 Å². The molecule has 0 bridgehead atoms. The molecule has 155 valence electrons. The van der Waals surface area contributed by atoms with Crippen LogP contribution in [0.1, 0.15) is 69.7 Å². The molecule has 0 atom stereocenters. The van der Waals surface area contributed by atoms with E-state index in [1.54, 1.807) is 13.3 Å². The average molecular weight is 502 g/mol. The second-order valence-corrected chi connectivity index (χ2v) is 14.9. The molecule has 27 heavy (non-hydrogen) atoms. The number of unbranched alkanes of at least 4 members (excludes halogenated alkanes) is 3. The van der Waals surface area contributed by atoms with Crippen LogP contribution in [0.4, 0.5) is 22.0 Å². The Kier molecular flexibility index (Phi) is 13.7. The minimum Gasteiger partial charge on any atom is -0.477 e. The van der Waals surface area contributed by atoms with Gasteiger partial charge in [0.25, 0.3) is 0 Å². The Balaban J connectivity index is 0.000000503. The van der Waals surface area contributed by atoms with Crippen molar-refractivity contribution in [2.75, 3.05) is 0 Å². The molecule has 1 rings (SSSR count). The number of hydrogen-bond acceptors (Lipinski definition) is 1. The zero-order valence-electron chi connectivity index (χ0n) is 16.1. The van der Waals surface area contributed by atoms with Gasteiger partial charge >= 0.3 is 98.3 Å². The van der Waals surface area contributed by atoms with Crippen molar-refractivity contribution in [2.24, 2.45) is 0 Å². The van der Waals surface area contributed by atoms with Gasteiger partial charge in [0.05, 0.1) is 0 Å². The Morgan fingerprint density at radius 3 is 1.26 bits per heavy atom. The standard InChI is InChI=1S/C7HF5O2.3C4H9.Sn/c8-2-1(7(13)14)3(9)5(11)6(12)4(2)10;3*1-3-4-2;/h(H,13,14);3*1,3-4H2,2H3;. The van der Waals surface area contributed by atoms with Gasteiger partial charge in [0.2, 0.25) is 5.82 Å². The van der Waals surface area contributed by atoms with E-state index in [-0.39, 0.29) is 0 Å². The fraction of sp³-hybridized carbons (Fsp3) is 0.632. The van der Waals surface area contributed by atoms with E-state index in [2.05, 4.69) is 20.8 Å². The molecule has 0 saturated carbocycles. The molecular weight excluding hydrogens is 474 g/mol. The van der Waals surface area contributed by atoms with Gasteiger partial charge in [0.15, 0.2) is 23.3 Å². The molecule has 0 aliphatic rings. The van der Waals surface area contributed by atoms with E-state index in [1.807, 2.05) is 0 Å². The SMILES string of the molecule is CCC[CH2][Sn]([CH2]CCC)[CH2]CCC.O=C(O)c1c(F)c(F)c(F)c(F)c1F. The maximum absolute atomic E-state index is 12.6. The van der Waals surface area contributed by atoms with E-state index < -0.39 is 60.4 Å². The Bertz CT molecular complexity index is 548. The molecule has 1 radical (unpaired) electrons. The molecule has 2 nitrogen and oxygen atoms in total. The third-order valence-corrected chi connectivity index (χ3v) is 13.2. The number of halogens is 5. The Hall–Kier alpha value is -0.861. The van der Waals surface area contributed by atoms with Gasteiger partial charge in [-0.1, -0.05) is 0 Å². The fourth-order valence-corrected chi connectivity index (χ4v) is 11.9. The largest absolute Gasteiger partial charge is 0.477 e. The van der Waals surface area contributed by atoms with E-state index in [1.165, 1.54) is 38.5 Å². The first-order valence-electron chi connectivity index (χ1n) is 9.30. The van der Waals surface area contributed by atoms with Crippen LogP contribution >= 0.6 is 0 Å². The van der Waals surface area contributed by atoms with Gasteiger partial charge in [-0.05, 0) is 0 Å². The van der Waals surface area contributed by atoms with E-state index in [9.17, 15) is 26.7 Å². The van der Waals surface area contributed by atoms with Crippen LogP contribution < -0.4 is 0 Å². The maximum Gasteiger partial charge on any atom is 0.341 e. The number of aromatic carboxylic acids is 1. The van der Waals surface area contributed by atoms with Crippen molar-refractivity contribution in [3.8, 4) is 0 Å². The minimum atomic E-state index is -2.38. The van der Waals surface area contributed by atoms with Crippen LogP contribution in [0, 0.1) is 29.1 Å². The van der Waals surface area contributed by atoms with Crippen LogP contribution in [0.25, 0.3) is 0 Å². The quantitative estimate of drug-likeness (QED) is 0.163. The van der Waals surface area contributed by atoms with Crippen molar-refractivity contribution >= 4 is 25.7 Å². The number of carboxylic acid groups (broad SMARTS) is 1. The minimum absolute atomic E-state index is 0.839. The van der Waals surface area contributed by atoms with Crippen LogP contribution in [-0.2, 0) is 0 Å². The second-order valence-electron chi connectivity index (χ2n) is 6.31. The van der Waals surface area contributed by atoms with Crippen molar-refractivity contribution in [3.63, 3.8) is 0 Å². The molecule has 0 aliphatic carbocycles. The van der Waals surface area contributed by atoms with Gasteiger partial charge in [-0.25, -0.2) is 26.7 Å². The third-order valence-electron chi connectivity index (χ3n) is 4.08. The number of benzene rings is 1. The summed E-state index contributed by atoms with van der Waals surface area (Å²) in [4.78, 5) is 10.1.